The summed E-state index contributed by atoms with van der Waals surface area (Å²) in [5.41, 5.74) is -0.0604. The molecule has 0 amide bonds. The quantitative estimate of drug-likeness (QED) is 0.712. The van der Waals surface area contributed by atoms with E-state index in [9.17, 15) is 13.6 Å². The molecule has 1 aromatic rings. The van der Waals surface area contributed by atoms with E-state index in [-0.39, 0.29) is 29.4 Å². The van der Waals surface area contributed by atoms with E-state index >= 15 is 0 Å². The van der Waals surface area contributed by atoms with Crippen molar-refractivity contribution in [1.29, 1.82) is 0 Å². The standard InChI is InChI=1S/C11H9ClF2O2/c12-11-8(14)2-1-7(13)10(11)9-5-6(15)3-4-16-9/h1-2,9H,3-5H2. The predicted octanol–water partition coefficient (Wildman–Crippen LogP) is 3.04. The van der Waals surface area contributed by atoms with Crippen molar-refractivity contribution < 1.29 is 18.3 Å². The highest BCUT2D eigenvalue weighted by atomic mass is 35.5. The van der Waals surface area contributed by atoms with Crippen LogP contribution < -0.4 is 0 Å². The summed E-state index contributed by atoms with van der Waals surface area (Å²) in [6.45, 7) is 0.218. The summed E-state index contributed by atoms with van der Waals surface area (Å²) in [6.07, 6.45) is -0.421. The second-order valence-corrected chi connectivity index (χ2v) is 3.99. The van der Waals surface area contributed by atoms with Crippen LogP contribution in [0.1, 0.15) is 24.5 Å². The monoisotopic (exact) mass is 246 g/mol. The number of ether oxygens (including phenoxy) is 1. The Morgan fingerprint density at radius 1 is 1.31 bits per heavy atom. The lowest BCUT2D eigenvalue weighted by Crippen LogP contribution is -2.20. The molecule has 1 unspecified atom stereocenters. The van der Waals surface area contributed by atoms with Crippen molar-refractivity contribution in [3.8, 4) is 0 Å². The molecular weight excluding hydrogens is 238 g/mol. The summed E-state index contributed by atoms with van der Waals surface area (Å²) >= 11 is 5.67. The molecule has 1 aliphatic heterocycles. The molecule has 1 fully saturated rings. The normalized spacial score (nSPS) is 21.2. The maximum Gasteiger partial charge on any atom is 0.142 e. The van der Waals surface area contributed by atoms with Crippen molar-refractivity contribution in [2.45, 2.75) is 18.9 Å². The van der Waals surface area contributed by atoms with E-state index in [1.165, 1.54) is 0 Å². The molecule has 0 spiro atoms. The maximum absolute atomic E-state index is 13.5. The smallest absolute Gasteiger partial charge is 0.142 e. The van der Waals surface area contributed by atoms with Crippen LogP contribution in [0, 0.1) is 11.6 Å². The molecule has 1 saturated heterocycles. The fraction of sp³-hybridized carbons (Fsp3) is 0.364. The topological polar surface area (TPSA) is 26.3 Å². The molecule has 0 N–H and O–H groups in total. The van der Waals surface area contributed by atoms with Crippen LogP contribution in [0.25, 0.3) is 0 Å². The van der Waals surface area contributed by atoms with Crippen molar-refractivity contribution in [1.82, 2.24) is 0 Å². The number of halogens is 3. The van der Waals surface area contributed by atoms with Gasteiger partial charge in [-0.15, -0.1) is 0 Å². The number of rotatable bonds is 1. The Hall–Kier alpha value is -1.00. The molecule has 0 saturated carbocycles. The van der Waals surface area contributed by atoms with E-state index in [2.05, 4.69) is 0 Å². The highest BCUT2D eigenvalue weighted by Gasteiger charge is 2.27. The summed E-state index contributed by atoms with van der Waals surface area (Å²) in [7, 11) is 0. The first-order chi connectivity index (χ1) is 7.59. The third kappa shape index (κ3) is 2.08. The van der Waals surface area contributed by atoms with Crippen LogP contribution in [0.5, 0.6) is 0 Å². The lowest BCUT2D eigenvalue weighted by atomic mass is 10.00. The van der Waals surface area contributed by atoms with Crippen LogP contribution in [-0.4, -0.2) is 12.4 Å². The Balaban J connectivity index is 2.39. The minimum Gasteiger partial charge on any atom is -0.372 e. The Kier molecular flexibility index (Phi) is 3.21. The van der Waals surface area contributed by atoms with E-state index in [4.69, 9.17) is 16.3 Å². The average Bonchev–Trinajstić information content (AvgIpc) is 2.24. The average molecular weight is 247 g/mol. The summed E-state index contributed by atoms with van der Waals surface area (Å²) in [5.74, 6) is -1.39. The van der Waals surface area contributed by atoms with Gasteiger partial charge in [0, 0.05) is 18.4 Å². The van der Waals surface area contributed by atoms with E-state index < -0.39 is 17.7 Å². The molecule has 2 nitrogen and oxygen atoms in total. The zero-order chi connectivity index (χ0) is 11.7. The van der Waals surface area contributed by atoms with E-state index in [0.29, 0.717) is 6.42 Å². The molecule has 86 valence electrons. The third-order valence-electron chi connectivity index (χ3n) is 2.51. The fourth-order valence-corrected chi connectivity index (χ4v) is 1.98. The Morgan fingerprint density at radius 3 is 2.69 bits per heavy atom. The Labute approximate surface area is 96.2 Å². The third-order valence-corrected chi connectivity index (χ3v) is 2.90. The van der Waals surface area contributed by atoms with Crippen molar-refractivity contribution in [2.75, 3.05) is 6.61 Å². The largest absolute Gasteiger partial charge is 0.372 e. The van der Waals surface area contributed by atoms with Crippen LogP contribution in [0.2, 0.25) is 5.02 Å². The Bertz CT molecular complexity index is 434. The van der Waals surface area contributed by atoms with Gasteiger partial charge in [-0.1, -0.05) is 11.6 Å². The molecule has 2 rings (SSSR count). The van der Waals surface area contributed by atoms with E-state index in [1.807, 2.05) is 0 Å². The van der Waals surface area contributed by atoms with Gasteiger partial charge in [-0.2, -0.15) is 0 Å². The van der Waals surface area contributed by atoms with Crippen LogP contribution >= 0.6 is 11.6 Å². The minimum atomic E-state index is -0.774. The number of hydrogen-bond donors (Lipinski definition) is 0. The minimum absolute atomic E-state index is 0.0315. The first kappa shape index (κ1) is 11.5. The predicted molar refractivity (Wildman–Crippen MR) is 54.3 cm³/mol. The second kappa shape index (κ2) is 4.47. The van der Waals surface area contributed by atoms with Gasteiger partial charge in [0.2, 0.25) is 0 Å². The van der Waals surface area contributed by atoms with E-state index in [1.54, 1.807) is 0 Å². The molecule has 5 heteroatoms. The zero-order valence-electron chi connectivity index (χ0n) is 8.30. The maximum atomic E-state index is 13.5. The first-order valence-corrected chi connectivity index (χ1v) is 5.24. The molecular formula is C11H9ClF2O2. The fourth-order valence-electron chi connectivity index (χ4n) is 1.71. The molecule has 0 bridgehead atoms. The molecule has 0 aromatic heterocycles. The molecule has 1 aromatic carbocycles. The lowest BCUT2D eigenvalue weighted by Gasteiger charge is -2.23. The highest BCUT2D eigenvalue weighted by molar-refractivity contribution is 6.31. The molecule has 1 atom stereocenters. The molecule has 1 heterocycles. The molecule has 16 heavy (non-hydrogen) atoms. The summed E-state index contributed by atoms with van der Waals surface area (Å²) < 4.78 is 31.9. The molecule has 0 aliphatic carbocycles. The number of carbonyl (C=O) groups is 1. The highest BCUT2D eigenvalue weighted by Crippen LogP contribution is 2.34. The van der Waals surface area contributed by atoms with Gasteiger partial charge in [0.05, 0.1) is 17.7 Å². The summed E-state index contributed by atoms with van der Waals surface area (Å²) in [5, 5.41) is -0.306. The Morgan fingerprint density at radius 2 is 2.00 bits per heavy atom. The number of carbonyl (C=O) groups excluding carboxylic acids is 1. The van der Waals surface area contributed by atoms with Crippen LogP contribution in [0.3, 0.4) is 0 Å². The van der Waals surface area contributed by atoms with E-state index in [0.717, 1.165) is 12.1 Å². The number of ketones is 1. The second-order valence-electron chi connectivity index (χ2n) is 3.61. The number of Topliss-reactive ketones (excluding diaryl/α,β-unsaturated/α-hetero) is 1. The van der Waals surface area contributed by atoms with Gasteiger partial charge >= 0.3 is 0 Å². The summed E-state index contributed by atoms with van der Waals surface area (Å²) in [6, 6.07) is 1.94. The van der Waals surface area contributed by atoms with Gasteiger partial charge < -0.3 is 4.74 Å². The van der Waals surface area contributed by atoms with Crippen LogP contribution in [-0.2, 0) is 9.53 Å². The van der Waals surface area contributed by atoms with Gasteiger partial charge in [-0.25, -0.2) is 8.78 Å². The van der Waals surface area contributed by atoms with Gasteiger partial charge in [0.1, 0.15) is 17.4 Å². The van der Waals surface area contributed by atoms with Gasteiger partial charge in [0.15, 0.2) is 0 Å². The van der Waals surface area contributed by atoms with Gasteiger partial charge in [0.25, 0.3) is 0 Å². The van der Waals surface area contributed by atoms with Crippen LogP contribution in [0.15, 0.2) is 12.1 Å². The van der Waals surface area contributed by atoms with Crippen LogP contribution in [0.4, 0.5) is 8.78 Å². The van der Waals surface area contributed by atoms with Gasteiger partial charge in [-0.05, 0) is 12.1 Å². The van der Waals surface area contributed by atoms with Crippen molar-refractivity contribution in [2.24, 2.45) is 0 Å². The van der Waals surface area contributed by atoms with Crippen molar-refractivity contribution in [3.63, 3.8) is 0 Å². The number of hydrogen-bond acceptors (Lipinski definition) is 2. The SMILES string of the molecule is O=C1CCOC(c2c(F)ccc(F)c2Cl)C1. The summed E-state index contributed by atoms with van der Waals surface area (Å²) in [4.78, 5) is 11.2. The number of benzene rings is 1. The lowest BCUT2D eigenvalue weighted by molar-refractivity contribution is -0.128. The first-order valence-electron chi connectivity index (χ1n) is 4.86. The van der Waals surface area contributed by atoms with Crippen molar-refractivity contribution in [3.05, 3.63) is 34.4 Å². The molecule has 0 radical (unpaired) electrons. The zero-order valence-corrected chi connectivity index (χ0v) is 9.06. The molecule has 1 aliphatic rings. The van der Waals surface area contributed by atoms with Crippen molar-refractivity contribution >= 4 is 17.4 Å². The van der Waals surface area contributed by atoms with Gasteiger partial charge in [-0.3, -0.25) is 4.79 Å².